The Hall–Kier alpha value is -3.00. The van der Waals surface area contributed by atoms with Crippen LogP contribution in [0.5, 0.6) is 5.88 Å². The van der Waals surface area contributed by atoms with Crippen LogP contribution in [0.1, 0.15) is 28.4 Å². The molecular weight excluding hydrogens is 343 g/mol. The molecule has 1 unspecified atom stereocenters. The zero-order valence-corrected chi connectivity index (χ0v) is 14.1. The minimum Gasteiger partial charge on any atom is -0.481 e. The van der Waals surface area contributed by atoms with E-state index in [1.165, 1.54) is 42.6 Å². The monoisotopic (exact) mass is 362 g/mol. The Kier molecular flexibility index (Phi) is 7.04. The fourth-order valence-electron chi connectivity index (χ4n) is 2.22. The summed E-state index contributed by atoms with van der Waals surface area (Å²) in [7, 11) is 1.54. The van der Waals surface area contributed by atoms with Gasteiger partial charge in [-0.1, -0.05) is 12.1 Å². The highest BCUT2D eigenvalue weighted by Gasteiger charge is 2.19. The van der Waals surface area contributed by atoms with E-state index in [-0.39, 0.29) is 24.5 Å². The van der Waals surface area contributed by atoms with Gasteiger partial charge in [0, 0.05) is 24.9 Å². The van der Waals surface area contributed by atoms with Crippen molar-refractivity contribution in [2.75, 3.05) is 20.3 Å². The fraction of sp³-hybridized carbons (Fsp3) is 0.278. The van der Waals surface area contributed by atoms with Crippen LogP contribution in [0.25, 0.3) is 0 Å². The van der Waals surface area contributed by atoms with E-state index in [9.17, 15) is 14.0 Å². The Morgan fingerprint density at radius 2 is 1.96 bits per heavy atom. The number of benzene rings is 1. The molecule has 0 spiro atoms. The number of amides is 1. The van der Waals surface area contributed by atoms with Crippen molar-refractivity contribution >= 4 is 11.9 Å². The van der Waals surface area contributed by atoms with E-state index in [4.69, 9.17) is 14.6 Å². The highest BCUT2D eigenvalue weighted by molar-refractivity contribution is 5.94. The van der Waals surface area contributed by atoms with Crippen LogP contribution in [0, 0.1) is 5.82 Å². The number of carbonyl (C=O) groups excluding carboxylic acids is 1. The third-order valence-electron chi connectivity index (χ3n) is 3.49. The number of halogens is 1. The number of hydrogen-bond acceptors (Lipinski definition) is 5. The van der Waals surface area contributed by atoms with Gasteiger partial charge in [-0.25, -0.2) is 9.37 Å². The molecular formula is C18H19FN2O5. The molecule has 8 heteroatoms. The van der Waals surface area contributed by atoms with Crippen LogP contribution in [0.4, 0.5) is 4.39 Å². The van der Waals surface area contributed by atoms with Gasteiger partial charge in [0.1, 0.15) is 12.4 Å². The second kappa shape index (κ2) is 9.47. The van der Waals surface area contributed by atoms with Crippen molar-refractivity contribution in [1.29, 1.82) is 0 Å². The Balaban J connectivity index is 2.12. The van der Waals surface area contributed by atoms with Gasteiger partial charge in [-0.15, -0.1) is 0 Å². The lowest BCUT2D eigenvalue weighted by molar-refractivity contribution is -0.137. The highest BCUT2D eigenvalue weighted by atomic mass is 19.1. The number of nitrogens with one attached hydrogen (secondary N) is 1. The number of carbonyl (C=O) groups is 2. The summed E-state index contributed by atoms with van der Waals surface area (Å²) in [5, 5.41) is 11.7. The molecule has 0 saturated heterocycles. The average molecular weight is 362 g/mol. The largest absolute Gasteiger partial charge is 0.481 e. The molecule has 1 aromatic heterocycles. The molecule has 2 rings (SSSR count). The Morgan fingerprint density at radius 1 is 1.23 bits per heavy atom. The van der Waals surface area contributed by atoms with Gasteiger partial charge in [0.25, 0.3) is 5.91 Å². The first-order valence-electron chi connectivity index (χ1n) is 7.85. The maximum absolute atomic E-state index is 13.1. The molecule has 7 nitrogen and oxygen atoms in total. The van der Waals surface area contributed by atoms with Crippen molar-refractivity contribution in [3.8, 4) is 5.88 Å². The summed E-state index contributed by atoms with van der Waals surface area (Å²) in [6, 6.07) is 7.44. The van der Waals surface area contributed by atoms with E-state index in [1.807, 2.05) is 0 Å². The van der Waals surface area contributed by atoms with Gasteiger partial charge in [0.05, 0.1) is 19.1 Å². The number of rotatable bonds is 9. The molecule has 0 aliphatic heterocycles. The molecule has 0 aliphatic rings. The second-order valence-corrected chi connectivity index (χ2v) is 5.40. The van der Waals surface area contributed by atoms with Gasteiger partial charge in [0.15, 0.2) is 0 Å². The maximum atomic E-state index is 13.1. The van der Waals surface area contributed by atoms with Crippen LogP contribution in [0.15, 0.2) is 42.6 Å². The minimum absolute atomic E-state index is 0.256. The molecule has 0 bridgehead atoms. The number of hydrogen-bond donors (Lipinski definition) is 2. The van der Waals surface area contributed by atoms with Crippen molar-refractivity contribution in [2.45, 2.75) is 12.5 Å². The van der Waals surface area contributed by atoms with Crippen LogP contribution < -0.4 is 10.1 Å². The number of ether oxygens (including phenoxy) is 2. The molecule has 1 atom stereocenters. The normalized spacial score (nSPS) is 11.6. The van der Waals surface area contributed by atoms with E-state index >= 15 is 0 Å². The second-order valence-electron chi connectivity index (χ2n) is 5.40. The van der Waals surface area contributed by atoms with E-state index in [2.05, 4.69) is 10.3 Å². The topological polar surface area (TPSA) is 97.8 Å². The zero-order valence-electron chi connectivity index (χ0n) is 14.1. The Bertz CT molecular complexity index is 752. The maximum Gasteiger partial charge on any atom is 0.305 e. The predicted molar refractivity (Wildman–Crippen MR) is 90.5 cm³/mol. The number of aromatic nitrogens is 1. The van der Waals surface area contributed by atoms with Gasteiger partial charge in [-0.05, 0) is 23.8 Å². The van der Waals surface area contributed by atoms with E-state index in [1.54, 1.807) is 7.11 Å². The van der Waals surface area contributed by atoms with E-state index < -0.39 is 23.7 Å². The predicted octanol–water partition coefficient (Wildman–Crippen LogP) is 2.19. The number of pyridine rings is 1. The summed E-state index contributed by atoms with van der Waals surface area (Å²) in [6.07, 6.45) is 1.08. The van der Waals surface area contributed by atoms with Crippen molar-refractivity contribution in [3.05, 3.63) is 59.5 Å². The molecule has 0 fully saturated rings. The molecule has 2 N–H and O–H groups in total. The Morgan fingerprint density at radius 3 is 2.62 bits per heavy atom. The average Bonchev–Trinajstić information content (AvgIpc) is 2.62. The number of methoxy groups -OCH3 is 1. The molecule has 1 aromatic carbocycles. The fourth-order valence-corrected chi connectivity index (χ4v) is 2.22. The minimum atomic E-state index is -1.09. The third kappa shape index (κ3) is 5.82. The summed E-state index contributed by atoms with van der Waals surface area (Å²) >= 11 is 0. The molecule has 0 saturated carbocycles. The quantitative estimate of drug-likeness (QED) is 0.664. The lowest BCUT2D eigenvalue weighted by Gasteiger charge is -2.17. The van der Waals surface area contributed by atoms with Crippen LogP contribution in [0.2, 0.25) is 0 Å². The van der Waals surface area contributed by atoms with Gasteiger partial charge in [-0.2, -0.15) is 0 Å². The van der Waals surface area contributed by atoms with E-state index in [0.717, 1.165) is 0 Å². The standard InChI is InChI=1S/C18H19FN2O5/c1-25-8-9-26-16-10-13(6-7-20-16)18(24)21-15(11-17(22)23)12-2-4-14(19)5-3-12/h2-7,10,15H,8-9,11H2,1H3,(H,21,24)(H,22,23). The third-order valence-corrected chi connectivity index (χ3v) is 3.49. The number of nitrogens with zero attached hydrogens (tertiary/aromatic N) is 1. The molecule has 138 valence electrons. The van der Waals surface area contributed by atoms with Crippen LogP contribution >= 0.6 is 0 Å². The molecule has 2 aromatic rings. The van der Waals surface area contributed by atoms with Gasteiger partial charge in [0.2, 0.25) is 5.88 Å². The number of carboxylic acids is 1. The summed E-state index contributed by atoms with van der Waals surface area (Å²) in [6.45, 7) is 0.662. The zero-order chi connectivity index (χ0) is 18.9. The first kappa shape index (κ1) is 19.3. The Labute approximate surface area is 149 Å². The summed E-state index contributed by atoms with van der Waals surface area (Å²) in [5.41, 5.74) is 0.762. The first-order valence-corrected chi connectivity index (χ1v) is 7.85. The lowest BCUT2D eigenvalue weighted by atomic mass is 10.0. The van der Waals surface area contributed by atoms with Crippen LogP contribution in [0.3, 0.4) is 0 Å². The highest BCUT2D eigenvalue weighted by Crippen LogP contribution is 2.19. The van der Waals surface area contributed by atoms with Gasteiger partial charge in [-0.3, -0.25) is 9.59 Å². The summed E-state index contributed by atoms with van der Waals surface area (Å²) < 4.78 is 23.3. The molecule has 0 radical (unpaired) electrons. The van der Waals surface area contributed by atoms with E-state index in [0.29, 0.717) is 12.2 Å². The molecule has 1 amide bonds. The lowest BCUT2D eigenvalue weighted by Crippen LogP contribution is -2.30. The van der Waals surface area contributed by atoms with Crippen LogP contribution in [-0.2, 0) is 9.53 Å². The van der Waals surface area contributed by atoms with Crippen molar-refractivity contribution < 1.29 is 28.6 Å². The molecule has 0 aliphatic carbocycles. The smallest absolute Gasteiger partial charge is 0.305 e. The molecule has 1 heterocycles. The summed E-state index contributed by atoms with van der Waals surface area (Å²) in [5.74, 6) is -1.76. The number of carboxylic acid groups (broad SMARTS) is 1. The van der Waals surface area contributed by atoms with Crippen LogP contribution in [-0.4, -0.2) is 42.3 Å². The van der Waals surface area contributed by atoms with Crippen molar-refractivity contribution in [1.82, 2.24) is 10.3 Å². The van der Waals surface area contributed by atoms with Gasteiger partial charge < -0.3 is 19.9 Å². The molecule has 26 heavy (non-hydrogen) atoms. The first-order chi connectivity index (χ1) is 12.5. The van der Waals surface area contributed by atoms with Crippen molar-refractivity contribution in [2.24, 2.45) is 0 Å². The SMILES string of the molecule is COCCOc1cc(C(=O)NC(CC(=O)O)c2ccc(F)cc2)ccn1. The summed E-state index contributed by atoms with van der Waals surface area (Å²) in [4.78, 5) is 27.6. The van der Waals surface area contributed by atoms with Crippen molar-refractivity contribution in [3.63, 3.8) is 0 Å². The number of aliphatic carboxylic acids is 1. The van der Waals surface area contributed by atoms with Gasteiger partial charge >= 0.3 is 5.97 Å².